The zero-order valence-corrected chi connectivity index (χ0v) is 15.8. The highest BCUT2D eigenvalue weighted by Gasteiger charge is 2.47. The van der Waals surface area contributed by atoms with Crippen LogP contribution in [0.15, 0.2) is 30.3 Å². The van der Waals surface area contributed by atoms with Crippen molar-refractivity contribution in [2.75, 3.05) is 6.61 Å². The van der Waals surface area contributed by atoms with E-state index in [9.17, 15) is 14.4 Å². The first-order valence-corrected chi connectivity index (χ1v) is 9.57. The molecule has 146 valence electrons. The van der Waals surface area contributed by atoms with Gasteiger partial charge in [0.15, 0.2) is 0 Å². The van der Waals surface area contributed by atoms with E-state index < -0.39 is 12.1 Å². The molecule has 0 spiro atoms. The quantitative estimate of drug-likeness (QED) is 0.784. The molecule has 2 heterocycles. The van der Waals surface area contributed by atoms with E-state index in [1.807, 2.05) is 44.2 Å². The molecule has 27 heavy (non-hydrogen) atoms. The highest BCUT2D eigenvalue weighted by molar-refractivity contribution is 5.93. The van der Waals surface area contributed by atoms with Crippen LogP contribution >= 0.6 is 0 Å². The first-order chi connectivity index (χ1) is 13.0. The maximum absolute atomic E-state index is 12.9. The first kappa shape index (κ1) is 19.4. The summed E-state index contributed by atoms with van der Waals surface area (Å²) in [7, 11) is 0. The Balaban J connectivity index is 1.62. The van der Waals surface area contributed by atoms with Gasteiger partial charge >= 0.3 is 0 Å². The summed E-state index contributed by atoms with van der Waals surface area (Å²) in [6.07, 6.45) is 1.50. The number of carbonyl (C=O) groups is 3. The Morgan fingerprint density at radius 2 is 2.00 bits per heavy atom. The van der Waals surface area contributed by atoms with Gasteiger partial charge in [-0.2, -0.15) is 0 Å². The van der Waals surface area contributed by atoms with Crippen LogP contribution in [0, 0.1) is 5.92 Å². The van der Waals surface area contributed by atoms with Gasteiger partial charge in [0.2, 0.25) is 17.7 Å². The lowest BCUT2D eigenvalue weighted by atomic mass is 10.1. The van der Waals surface area contributed by atoms with E-state index in [1.54, 1.807) is 0 Å². The van der Waals surface area contributed by atoms with E-state index in [2.05, 4.69) is 10.6 Å². The van der Waals surface area contributed by atoms with Crippen molar-refractivity contribution in [2.45, 2.75) is 58.0 Å². The Labute approximate surface area is 159 Å². The summed E-state index contributed by atoms with van der Waals surface area (Å²) in [4.78, 5) is 39.2. The largest absolute Gasteiger partial charge is 0.356 e. The van der Waals surface area contributed by atoms with Gasteiger partial charge in [-0.3, -0.25) is 14.4 Å². The Bertz CT molecular complexity index is 694. The second kappa shape index (κ2) is 8.52. The van der Waals surface area contributed by atoms with Crippen LogP contribution in [-0.2, 0) is 25.7 Å². The Morgan fingerprint density at radius 1 is 1.26 bits per heavy atom. The zero-order valence-electron chi connectivity index (χ0n) is 15.8. The van der Waals surface area contributed by atoms with Crippen LogP contribution in [0.4, 0.5) is 0 Å². The van der Waals surface area contributed by atoms with Crippen LogP contribution in [0.1, 0.15) is 38.7 Å². The average molecular weight is 373 g/mol. The monoisotopic (exact) mass is 373 g/mol. The highest BCUT2D eigenvalue weighted by Crippen LogP contribution is 2.29. The summed E-state index contributed by atoms with van der Waals surface area (Å²) in [5, 5.41) is 5.66. The van der Waals surface area contributed by atoms with E-state index in [1.165, 1.54) is 4.90 Å². The van der Waals surface area contributed by atoms with Gasteiger partial charge < -0.3 is 20.3 Å². The van der Waals surface area contributed by atoms with Crippen molar-refractivity contribution in [3.8, 4) is 0 Å². The van der Waals surface area contributed by atoms with Gasteiger partial charge in [-0.1, -0.05) is 44.2 Å². The molecule has 4 atom stereocenters. The minimum absolute atomic E-state index is 0.153. The van der Waals surface area contributed by atoms with Crippen LogP contribution in [0.25, 0.3) is 0 Å². The molecule has 0 radical (unpaired) electrons. The molecule has 2 fully saturated rings. The van der Waals surface area contributed by atoms with Crippen molar-refractivity contribution >= 4 is 17.7 Å². The zero-order chi connectivity index (χ0) is 19.4. The number of hydrogen-bond donors (Lipinski definition) is 2. The second-order valence-corrected chi connectivity index (χ2v) is 7.20. The van der Waals surface area contributed by atoms with Crippen LogP contribution < -0.4 is 10.6 Å². The fourth-order valence-electron chi connectivity index (χ4n) is 3.46. The third kappa shape index (κ3) is 4.30. The Morgan fingerprint density at radius 3 is 2.70 bits per heavy atom. The molecule has 3 amide bonds. The van der Waals surface area contributed by atoms with Crippen molar-refractivity contribution < 1.29 is 19.1 Å². The highest BCUT2D eigenvalue weighted by atomic mass is 16.5. The standard InChI is InChI=1S/C20H27N3O4/c1-3-13(2)18(24)22-15-12-27-17-10-9-16(23(17)20(15)26)19(25)21-11-14-7-5-4-6-8-14/h4-8,13,15-17H,3,9-12H2,1-2H3,(H,21,25)(H,22,24)/t13-,15?,16+,17?/m1/s1. The smallest absolute Gasteiger partial charge is 0.250 e. The molecule has 2 aliphatic rings. The number of amides is 3. The van der Waals surface area contributed by atoms with Crippen molar-refractivity contribution in [1.29, 1.82) is 0 Å². The van der Waals surface area contributed by atoms with E-state index >= 15 is 0 Å². The summed E-state index contributed by atoms with van der Waals surface area (Å²) in [6.45, 7) is 4.31. The molecule has 2 unspecified atom stereocenters. The maximum Gasteiger partial charge on any atom is 0.250 e. The molecule has 0 aromatic heterocycles. The number of fused-ring (bicyclic) bond motifs is 1. The topological polar surface area (TPSA) is 87.7 Å². The Kier molecular flexibility index (Phi) is 6.11. The van der Waals surface area contributed by atoms with E-state index in [-0.39, 0.29) is 36.5 Å². The molecule has 2 N–H and O–H groups in total. The predicted molar refractivity (Wildman–Crippen MR) is 99.3 cm³/mol. The molecule has 0 saturated carbocycles. The summed E-state index contributed by atoms with van der Waals surface area (Å²) in [6, 6.07) is 8.34. The van der Waals surface area contributed by atoms with E-state index in [0.29, 0.717) is 25.8 Å². The van der Waals surface area contributed by atoms with Gasteiger partial charge in [-0.25, -0.2) is 0 Å². The van der Waals surface area contributed by atoms with Crippen LogP contribution in [0.5, 0.6) is 0 Å². The Hall–Kier alpha value is -2.41. The summed E-state index contributed by atoms with van der Waals surface area (Å²) in [5.41, 5.74) is 1.00. The van der Waals surface area contributed by atoms with Crippen molar-refractivity contribution in [3.05, 3.63) is 35.9 Å². The number of nitrogens with zero attached hydrogens (tertiary/aromatic N) is 1. The molecule has 7 nitrogen and oxygen atoms in total. The predicted octanol–water partition coefficient (Wildman–Crippen LogP) is 1.18. The molecule has 2 aliphatic heterocycles. The molecule has 3 rings (SSSR count). The normalized spacial score (nSPS) is 25.6. The van der Waals surface area contributed by atoms with E-state index in [4.69, 9.17) is 4.74 Å². The number of rotatable bonds is 6. The molecule has 0 aliphatic carbocycles. The van der Waals surface area contributed by atoms with Gasteiger partial charge in [0, 0.05) is 12.5 Å². The molecule has 7 heteroatoms. The molecule has 1 aromatic rings. The third-order valence-corrected chi connectivity index (χ3v) is 5.33. The van der Waals surface area contributed by atoms with Gasteiger partial charge in [-0.05, 0) is 24.8 Å². The average Bonchev–Trinajstić information content (AvgIpc) is 3.13. The fourth-order valence-corrected chi connectivity index (χ4v) is 3.46. The minimum Gasteiger partial charge on any atom is -0.356 e. The lowest BCUT2D eigenvalue weighted by molar-refractivity contribution is -0.167. The third-order valence-electron chi connectivity index (χ3n) is 5.33. The lowest BCUT2D eigenvalue weighted by Crippen LogP contribution is -2.61. The van der Waals surface area contributed by atoms with Crippen LogP contribution in [0.2, 0.25) is 0 Å². The summed E-state index contributed by atoms with van der Waals surface area (Å²) in [5.74, 6) is -0.756. The number of hydrogen-bond acceptors (Lipinski definition) is 4. The lowest BCUT2D eigenvalue weighted by Gasteiger charge is -2.37. The molecule has 2 saturated heterocycles. The SMILES string of the molecule is CC[C@@H](C)C(=O)NC1COC2CC[C@@H](C(=O)NCc3ccccc3)N2C1=O. The second-order valence-electron chi connectivity index (χ2n) is 7.20. The van der Waals surface area contributed by atoms with E-state index in [0.717, 1.165) is 5.56 Å². The maximum atomic E-state index is 12.9. The van der Waals surface area contributed by atoms with Crippen molar-refractivity contribution in [2.24, 2.45) is 5.92 Å². The first-order valence-electron chi connectivity index (χ1n) is 9.57. The van der Waals surface area contributed by atoms with Crippen molar-refractivity contribution in [3.63, 3.8) is 0 Å². The van der Waals surface area contributed by atoms with Gasteiger partial charge in [0.25, 0.3) is 0 Å². The molecule has 1 aromatic carbocycles. The van der Waals surface area contributed by atoms with Crippen LogP contribution in [-0.4, -0.2) is 47.5 Å². The minimum atomic E-state index is -0.731. The summed E-state index contributed by atoms with van der Waals surface area (Å²) < 4.78 is 5.75. The molecular weight excluding hydrogens is 346 g/mol. The van der Waals surface area contributed by atoms with Gasteiger partial charge in [-0.15, -0.1) is 0 Å². The number of nitrogens with one attached hydrogen (secondary N) is 2. The van der Waals surface area contributed by atoms with Crippen LogP contribution in [0.3, 0.4) is 0 Å². The number of benzene rings is 1. The van der Waals surface area contributed by atoms with Gasteiger partial charge in [0.1, 0.15) is 18.3 Å². The molecular formula is C20H27N3O4. The number of ether oxygens (including phenoxy) is 1. The number of carbonyl (C=O) groups excluding carboxylic acids is 3. The van der Waals surface area contributed by atoms with Crippen molar-refractivity contribution in [1.82, 2.24) is 15.5 Å². The molecule has 0 bridgehead atoms. The van der Waals surface area contributed by atoms with Gasteiger partial charge in [0.05, 0.1) is 6.61 Å². The fraction of sp³-hybridized carbons (Fsp3) is 0.550. The summed E-state index contributed by atoms with van der Waals surface area (Å²) >= 11 is 0.